The smallest absolute Gasteiger partial charge is 0.240 e. The molecule has 0 spiro atoms. The van der Waals surface area contributed by atoms with E-state index in [-0.39, 0.29) is 12.0 Å². The van der Waals surface area contributed by atoms with Crippen LogP contribution in [0.1, 0.15) is 19.9 Å². The molecule has 2 N–H and O–H groups in total. The number of anilines is 1. The Kier molecular flexibility index (Phi) is 4.01. The zero-order chi connectivity index (χ0) is 20.0. The Morgan fingerprint density at radius 1 is 1.07 bits per heavy atom. The number of rotatable bonds is 3. The molecule has 0 fully saturated rings. The number of fused-ring (bicyclic) bond motifs is 3. The first-order valence-corrected chi connectivity index (χ1v) is 9.42. The maximum atomic E-state index is 5.95. The monoisotopic (exact) mass is 388 g/mol. The number of hydrogen-bond acceptors (Lipinski definition) is 7. The van der Waals surface area contributed by atoms with Gasteiger partial charge in [0, 0.05) is 30.2 Å². The molecule has 1 aliphatic rings. The van der Waals surface area contributed by atoms with Crippen LogP contribution < -0.4 is 10.5 Å². The molecule has 0 unspecified atom stereocenters. The van der Waals surface area contributed by atoms with Gasteiger partial charge in [-0.15, -0.1) is 5.10 Å². The van der Waals surface area contributed by atoms with E-state index in [0.717, 1.165) is 34.0 Å². The quantitative estimate of drug-likeness (QED) is 0.574. The minimum Gasteiger partial charge on any atom is -0.491 e. The Morgan fingerprint density at radius 2 is 1.90 bits per heavy atom. The largest absolute Gasteiger partial charge is 0.491 e. The number of hydrogen-bond donors (Lipinski definition) is 1. The molecule has 0 saturated heterocycles. The van der Waals surface area contributed by atoms with Gasteiger partial charge in [-0.1, -0.05) is 6.07 Å². The summed E-state index contributed by atoms with van der Waals surface area (Å²) in [4.78, 5) is 17.5. The second kappa shape index (κ2) is 6.69. The molecule has 0 saturated carbocycles. The summed E-state index contributed by atoms with van der Waals surface area (Å²) in [5.41, 5.74) is 9.44. The van der Waals surface area contributed by atoms with E-state index in [4.69, 9.17) is 15.5 Å². The second-order valence-electron chi connectivity index (χ2n) is 7.16. The highest BCUT2D eigenvalue weighted by molar-refractivity contribution is 5.75. The van der Waals surface area contributed by atoms with Gasteiger partial charge < -0.3 is 15.0 Å². The maximum absolute atomic E-state index is 5.95. The van der Waals surface area contributed by atoms with Crippen molar-refractivity contribution in [2.45, 2.75) is 26.4 Å². The zero-order valence-electron chi connectivity index (χ0n) is 16.1. The van der Waals surface area contributed by atoms with Gasteiger partial charge in [0.2, 0.25) is 5.95 Å². The molecule has 4 aromatic rings. The molecule has 146 valence electrons. The van der Waals surface area contributed by atoms with Crippen molar-refractivity contribution in [1.29, 1.82) is 0 Å². The molecule has 0 atom stereocenters. The standard InChI is InChI=1S/C20H20N8O/c1-12(2)28-19(25-20(21)26-28)16-10-27-5-6-29-17-4-3-13(7-15(17)18(27)24-16)14-8-22-11-23-9-14/h3-4,7-12H,5-6H2,1-2H3,(H2,21,26). The lowest BCUT2D eigenvalue weighted by atomic mass is 10.0. The number of ether oxygens (including phenoxy) is 1. The fraction of sp³-hybridized carbons (Fsp3) is 0.250. The number of aromatic nitrogens is 7. The number of benzene rings is 1. The number of nitrogens with two attached hydrogens (primary N) is 1. The van der Waals surface area contributed by atoms with Crippen LogP contribution in [0.2, 0.25) is 0 Å². The lowest BCUT2D eigenvalue weighted by Crippen LogP contribution is -2.06. The van der Waals surface area contributed by atoms with Gasteiger partial charge in [-0.2, -0.15) is 4.98 Å². The minimum atomic E-state index is 0.122. The highest BCUT2D eigenvalue weighted by atomic mass is 16.5. The van der Waals surface area contributed by atoms with E-state index in [1.807, 2.05) is 32.2 Å². The van der Waals surface area contributed by atoms with Crippen LogP contribution in [0.3, 0.4) is 0 Å². The minimum absolute atomic E-state index is 0.122. The second-order valence-corrected chi connectivity index (χ2v) is 7.16. The molecular formula is C20H20N8O. The maximum Gasteiger partial charge on any atom is 0.240 e. The normalized spacial score (nSPS) is 12.9. The van der Waals surface area contributed by atoms with Crippen LogP contribution in [-0.4, -0.2) is 40.9 Å². The molecule has 9 heteroatoms. The lowest BCUT2D eigenvalue weighted by molar-refractivity contribution is 0.306. The van der Waals surface area contributed by atoms with E-state index >= 15 is 0 Å². The van der Waals surface area contributed by atoms with Crippen LogP contribution in [0.5, 0.6) is 5.75 Å². The Balaban J connectivity index is 1.65. The molecule has 1 aliphatic heterocycles. The summed E-state index contributed by atoms with van der Waals surface area (Å²) < 4.78 is 9.83. The van der Waals surface area contributed by atoms with E-state index in [0.29, 0.717) is 19.0 Å². The highest BCUT2D eigenvalue weighted by Gasteiger charge is 2.23. The SMILES string of the molecule is CC(C)n1nc(N)nc1-c1cn2c(n1)-c1cc(-c3cncnc3)ccc1OCC2. The van der Waals surface area contributed by atoms with E-state index in [2.05, 4.69) is 30.7 Å². The van der Waals surface area contributed by atoms with Gasteiger partial charge in [0.25, 0.3) is 0 Å². The molecule has 3 aromatic heterocycles. The van der Waals surface area contributed by atoms with Gasteiger partial charge in [-0.05, 0) is 31.5 Å². The molecule has 1 aromatic carbocycles. The average Bonchev–Trinajstić information content (AvgIpc) is 3.28. The molecule has 4 heterocycles. The Bertz CT molecular complexity index is 1180. The van der Waals surface area contributed by atoms with Crippen LogP contribution >= 0.6 is 0 Å². The van der Waals surface area contributed by atoms with Crippen molar-refractivity contribution in [3.05, 3.63) is 43.1 Å². The Hall–Kier alpha value is -3.75. The third-order valence-electron chi connectivity index (χ3n) is 4.85. The predicted octanol–water partition coefficient (Wildman–Crippen LogP) is 2.82. The summed E-state index contributed by atoms with van der Waals surface area (Å²) in [6.07, 6.45) is 7.08. The van der Waals surface area contributed by atoms with Gasteiger partial charge in [0.1, 0.15) is 30.2 Å². The summed E-state index contributed by atoms with van der Waals surface area (Å²) in [5.74, 6) is 2.52. The fourth-order valence-corrected chi connectivity index (χ4v) is 3.50. The molecule has 0 amide bonds. The summed E-state index contributed by atoms with van der Waals surface area (Å²) in [6, 6.07) is 6.16. The first-order valence-electron chi connectivity index (χ1n) is 9.42. The van der Waals surface area contributed by atoms with E-state index in [1.165, 1.54) is 6.33 Å². The third kappa shape index (κ3) is 3.00. The first-order chi connectivity index (χ1) is 14.1. The molecule has 9 nitrogen and oxygen atoms in total. The zero-order valence-corrected chi connectivity index (χ0v) is 16.1. The van der Waals surface area contributed by atoms with Crippen molar-refractivity contribution >= 4 is 5.95 Å². The number of nitrogen functional groups attached to an aromatic ring is 1. The summed E-state index contributed by atoms with van der Waals surface area (Å²) in [5, 5.41) is 4.30. The van der Waals surface area contributed by atoms with Crippen LogP contribution in [0.25, 0.3) is 34.0 Å². The van der Waals surface area contributed by atoms with Crippen molar-refractivity contribution in [2.24, 2.45) is 0 Å². The van der Waals surface area contributed by atoms with Crippen molar-refractivity contribution in [3.63, 3.8) is 0 Å². The number of nitrogens with zero attached hydrogens (tertiary/aromatic N) is 7. The van der Waals surface area contributed by atoms with Gasteiger partial charge in [-0.25, -0.2) is 19.6 Å². The van der Waals surface area contributed by atoms with E-state index < -0.39 is 0 Å². The van der Waals surface area contributed by atoms with Crippen LogP contribution in [0.4, 0.5) is 5.95 Å². The van der Waals surface area contributed by atoms with Crippen molar-refractivity contribution < 1.29 is 4.74 Å². The molecule has 0 aliphatic carbocycles. The van der Waals surface area contributed by atoms with Crippen molar-refractivity contribution in [2.75, 3.05) is 12.3 Å². The van der Waals surface area contributed by atoms with Crippen LogP contribution in [-0.2, 0) is 6.54 Å². The van der Waals surface area contributed by atoms with Gasteiger partial charge in [0.05, 0.1) is 12.1 Å². The van der Waals surface area contributed by atoms with Crippen LogP contribution in [0, 0.1) is 0 Å². The lowest BCUT2D eigenvalue weighted by Gasteiger charge is -2.09. The number of imidazole rings is 1. The molecule has 29 heavy (non-hydrogen) atoms. The predicted molar refractivity (Wildman–Crippen MR) is 108 cm³/mol. The fourth-order valence-electron chi connectivity index (χ4n) is 3.50. The average molecular weight is 388 g/mol. The van der Waals surface area contributed by atoms with Gasteiger partial charge in [0.15, 0.2) is 5.82 Å². The molecule has 5 rings (SSSR count). The van der Waals surface area contributed by atoms with Crippen LogP contribution in [0.15, 0.2) is 43.1 Å². The van der Waals surface area contributed by atoms with Gasteiger partial charge >= 0.3 is 0 Å². The van der Waals surface area contributed by atoms with Crippen molar-refractivity contribution in [3.8, 4) is 39.8 Å². The molecular weight excluding hydrogens is 368 g/mol. The topological polar surface area (TPSA) is 110 Å². The Morgan fingerprint density at radius 3 is 2.69 bits per heavy atom. The summed E-state index contributed by atoms with van der Waals surface area (Å²) in [6.45, 7) is 5.32. The van der Waals surface area contributed by atoms with Gasteiger partial charge in [-0.3, -0.25) is 0 Å². The first kappa shape index (κ1) is 17.4. The summed E-state index contributed by atoms with van der Waals surface area (Å²) in [7, 11) is 0. The highest BCUT2D eigenvalue weighted by Crippen LogP contribution is 2.36. The Labute approximate surface area is 167 Å². The van der Waals surface area contributed by atoms with E-state index in [9.17, 15) is 0 Å². The summed E-state index contributed by atoms with van der Waals surface area (Å²) >= 11 is 0. The molecule has 0 bridgehead atoms. The molecule has 0 radical (unpaired) electrons. The third-order valence-corrected chi connectivity index (χ3v) is 4.85. The van der Waals surface area contributed by atoms with Crippen molar-refractivity contribution in [1.82, 2.24) is 34.3 Å². The van der Waals surface area contributed by atoms with E-state index in [1.54, 1.807) is 17.1 Å².